The third kappa shape index (κ3) is 4.09. The molecule has 0 aliphatic rings. The van der Waals surface area contributed by atoms with Crippen LogP contribution in [0.15, 0.2) is 24.3 Å². The first-order valence-electron chi connectivity index (χ1n) is 4.21. The summed E-state index contributed by atoms with van der Waals surface area (Å²) in [4.78, 5) is 10.5. The van der Waals surface area contributed by atoms with Gasteiger partial charge in [0.05, 0.1) is 11.3 Å². The highest BCUT2D eigenvalue weighted by Gasteiger charge is 2.05. The summed E-state index contributed by atoms with van der Waals surface area (Å²) in [6.07, 6.45) is 0.290. The van der Waals surface area contributed by atoms with E-state index in [9.17, 15) is 13.2 Å². The Morgan fingerprint density at radius 2 is 1.80 bits per heavy atom. The second kappa shape index (κ2) is 4.41. The maximum Gasteiger partial charge on any atom is 0.335 e. The van der Waals surface area contributed by atoms with Crippen molar-refractivity contribution in [2.75, 3.05) is 5.75 Å². The van der Waals surface area contributed by atoms with Crippen molar-refractivity contribution >= 4 is 16.0 Å². The number of hydrogen-bond acceptors (Lipinski definition) is 3. The lowest BCUT2D eigenvalue weighted by Crippen LogP contribution is -2.17. The molecule has 0 heterocycles. The van der Waals surface area contributed by atoms with Gasteiger partial charge in [0.25, 0.3) is 0 Å². The number of benzene rings is 1. The number of carboxylic acids is 1. The molecule has 15 heavy (non-hydrogen) atoms. The standard InChI is InChI=1S/C9H11NO4S/c10-15(13,14)6-5-7-1-3-8(4-2-7)9(11)12/h1-4H,5-6H2,(H,11,12)(H2,10,13,14). The largest absolute Gasteiger partial charge is 0.478 e. The maximum absolute atomic E-state index is 10.7. The molecule has 0 saturated heterocycles. The molecule has 0 saturated carbocycles. The molecule has 0 aromatic heterocycles. The van der Waals surface area contributed by atoms with E-state index in [2.05, 4.69) is 0 Å². The van der Waals surface area contributed by atoms with Crippen LogP contribution in [0.1, 0.15) is 15.9 Å². The lowest BCUT2D eigenvalue weighted by Gasteiger charge is -2.00. The van der Waals surface area contributed by atoms with Gasteiger partial charge in [0.1, 0.15) is 0 Å². The fraction of sp³-hybridized carbons (Fsp3) is 0.222. The molecule has 0 amide bonds. The first-order valence-corrected chi connectivity index (χ1v) is 5.93. The molecule has 0 spiro atoms. The fourth-order valence-electron chi connectivity index (χ4n) is 1.07. The average Bonchev–Trinajstić information content (AvgIpc) is 2.14. The van der Waals surface area contributed by atoms with Crippen molar-refractivity contribution in [3.05, 3.63) is 35.4 Å². The zero-order chi connectivity index (χ0) is 11.5. The predicted octanol–water partition coefficient (Wildman–Crippen LogP) is 0.216. The number of nitrogens with two attached hydrogens (primary N) is 1. The Kier molecular flexibility index (Phi) is 3.43. The second-order valence-corrected chi connectivity index (χ2v) is 4.85. The molecule has 82 valence electrons. The van der Waals surface area contributed by atoms with Gasteiger partial charge in [-0.3, -0.25) is 0 Å². The van der Waals surface area contributed by atoms with Gasteiger partial charge in [0.2, 0.25) is 10.0 Å². The molecule has 5 nitrogen and oxygen atoms in total. The monoisotopic (exact) mass is 229 g/mol. The molecule has 0 atom stereocenters. The van der Waals surface area contributed by atoms with E-state index < -0.39 is 16.0 Å². The summed E-state index contributed by atoms with van der Waals surface area (Å²) in [5.41, 5.74) is 0.920. The van der Waals surface area contributed by atoms with Gasteiger partial charge in [-0.05, 0) is 24.1 Å². The van der Waals surface area contributed by atoms with Crippen molar-refractivity contribution < 1.29 is 18.3 Å². The second-order valence-electron chi connectivity index (χ2n) is 3.12. The van der Waals surface area contributed by atoms with Crippen molar-refractivity contribution in [2.24, 2.45) is 5.14 Å². The van der Waals surface area contributed by atoms with Crippen LogP contribution in [0.4, 0.5) is 0 Å². The molecule has 0 radical (unpaired) electrons. The molecule has 0 aliphatic heterocycles. The average molecular weight is 229 g/mol. The molecule has 6 heteroatoms. The van der Waals surface area contributed by atoms with Crippen LogP contribution in [-0.2, 0) is 16.4 Å². The van der Waals surface area contributed by atoms with Crippen molar-refractivity contribution in [3.63, 3.8) is 0 Å². The van der Waals surface area contributed by atoms with Crippen molar-refractivity contribution in [2.45, 2.75) is 6.42 Å². The molecule has 1 aromatic rings. The Labute approximate surface area is 87.6 Å². The van der Waals surface area contributed by atoms with Gasteiger partial charge in [0, 0.05) is 0 Å². The number of aromatic carboxylic acids is 1. The van der Waals surface area contributed by atoms with Gasteiger partial charge in [-0.15, -0.1) is 0 Å². The van der Waals surface area contributed by atoms with Crippen LogP contribution in [0, 0.1) is 0 Å². The highest BCUT2D eigenvalue weighted by atomic mass is 32.2. The summed E-state index contributed by atoms with van der Waals surface area (Å²) >= 11 is 0. The summed E-state index contributed by atoms with van der Waals surface area (Å²) in [7, 11) is -3.47. The topological polar surface area (TPSA) is 97.5 Å². The summed E-state index contributed by atoms with van der Waals surface area (Å²) < 4.78 is 21.3. The Balaban J connectivity index is 2.69. The van der Waals surface area contributed by atoms with E-state index in [1.807, 2.05) is 0 Å². The van der Waals surface area contributed by atoms with Gasteiger partial charge in [0.15, 0.2) is 0 Å². The van der Waals surface area contributed by atoms with Crippen molar-refractivity contribution in [3.8, 4) is 0 Å². The number of carboxylic acid groups (broad SMARTS) is 1. The maximum atomic E-state index is 10.7. The smallest absolute Gasteiger partial charge is 0.335 e. The molecule has 0 fully saturated rings. The highest BCUT2D eigenvalue weighted by molar-refractivity contribution is 7.89. The van der Waals surface area contributed by atoms with E-state index >= 15 is 0 Å². The third-order valence-electron chi connectivity index (χ3n) is 1.88. The van der Waals surface area contributed by atoms with Crippen LogP contribution in [0.25, 0.3) is 0 Å². The number of hydrogen-bond donors (Lipinski definition) is 2. The Morgan fingerprint density at radius 3 is 2.20 bits per heavy atom. The molecule has 1 rings (SSSR count). The Bertz CT molecular complexity index is 450. The van der Waals surface area contributed by atoms with E-state index in [0.717, 1.165) is 5.56 Å². The fourth-order valence-corrected chi connectivity index (χ4v) is 1.59. The van der Waals surface area contributed by atoms with Gasteiger partial charge in [-0.1, -0.05) is 12.1 Å². The number of primary sulfonamides is 1. The molecule has 3 N–H and O–H groups in total. The normalized spacial score (nSPS) is 11.3. The van der Waals surface area contributed by atoms with Gasteiger partial charge in [-0.25, -0.2) is 18.4 Å². The number of rotatable bonds is 4. The van der Waals surface area contributed by atoms with Crippen LogP contribution in [-0.4, -0.2) is 25.2 Å². The Morgan fingerprint density at radius 1 is 1.27 bits per heavy atom. The lowest BCUT2D eigenvalue weighted by molar-refractivity contribution is 0.0697. The van der Waals surface area contributed by atoms with Gasteiger partial charge in [-0.2, -0.15) is 0 Å². The molecule has 0 aliphatic carbocycles. The number of sulfonamides is 1. The molecule has 0 unspecified atom stereocenters. The van der Waals surface area contributed by atoms with Gasteiger partial charge >= 0.3 is 5.97 Å². The SMILES string of the molecule is NS(=O)(=O)CCc1ccc(C(=O)O)cc1. The van der Waals surface area contributed by atoms with Crippen LogP contribution in [0.5, 0.6) is 0 Å². The molecular weight excluding hydrogens is 218 g/mol. The van der Waals surface area contributed by atoms with E-state index in [-0.39, 0.29) is 11.3 Å². The molecule has 1 aromatic carbocycles. The quantitative estimate of drug-likeness (QED) is 0.771. The molecule has 0 bridgehead atoms. The summed E-state index contributed by atoms with van der Waals surface area (Å²) in [5, 5.41) is 13.5. The first kappa shape index (κ1) is 11.7. The lowest BCUT2D eigenvalue weighted by atomic mass is 10.1. The number of carbonyl (C=O) groups is 1. The Hall–Kier alpha value is -1.40. The van der Waals surface area contributed by atoms with E-state index in [1.54, 1.807) is 12.1 Å². The van der Waals surface area contributed by atoms with E-state index in [0.29, 0.717) is 6.42 Å². The number of aryl methyl sites for hydroxylation is 1. The summed E-state index contributed by atoms with van der Waals surface area (Å²) in [5.74, 6) is -1.15. The minimum absolute atomic E-state index is 0.139. The molecular formula is C9H11NO4S. The summed E-state index contributed by atoms with van der Waals surface area (Å²) in [6, 6.07) is 6.02. The minimum atomic E-state index is -3.47. The van der Waals surface area contributed by atoms with E-state index in [4.69, 9.17) is 10.2 Å². The minimum Gasteiger partial charge on any atom is -0.478 e. The van der Waals surface area contributed by atoms with Crippen LogP contribution < -0.4 is 5.14 Å². The van der Waals surface area contributed by atoms with Crippen molar-refractivity contribution in [1.82, 2.24) is 0 Å². The van der Waals surface area contributed by atoms with Crippen LogP contribution >= 0.6 is 0 Å². The van der Waals surface area contributed by atoms with Crippen LogP contribution in [0.2, 0.25) is 0 Å². The zero-order valence-electron chi connectivity index (χ0n) is 7.88. The van der Waals surface area contributed by atoms with E-state index in [1.165, 1.54) is 12.1 Å². The first-order chi connectivity index (χ1) is 6.88. The van der Waals surface area contributed by atoms with Gasteiger partial charge < -0.3 is 5.11 Å². The third-order valence-corrected chi connectivity index (χ3v) is 2.65. The zero-order valence-corrected chi connectivity index (χ0v) is 8.70. The van der Waals surface area contributed by atoms with Crippen LogP contribution in [0.3, 0.4) is 0 Å². The highest BCUT2D eigenvalue weighted by Crippen LogP contribution is 2.05. The predicted molar refractivity (Wildman–Crippen MR) is 55.1 cm³/mol. The van der Waals surface area contributed by atoms with Crippen molar-refractivity contribution in [1.29, 1.82) is 0 Å². The summed E-state index contributed by atoms with van der Waals surface area (Å²) in [6.45, 7) is 0.